The molecule has 0 radical (unpaired) electrons. The number of aliphatic hydroxyl groups excluding tert-OH is 1. The summed E-state index contributed by atoms with van der Waals surface area (Å²) in [7, 11) is 0. The molecule has 1 unspecified atom stereocenters. The van der Waals surface area contributed by atoms with Crippen molar-refractivity contribution in [1.82, 2.24) is 0 Å². The number of benzene rings is 1. The summed E-state index contributed by atoms with van der Waals surface area (Å²) in [6.45, 7) is 5.80. The number of anilines is 1. The Kier molecular flexibility index (Phi) is 5.41. The molecule has 1 aromatic carbocycles. The predicted octanol–water partition coefficient (Wildman–Crippen LogP) is 4.29. The zero-order valence-corrected chi connectivity index (χ0v) is 12.6. The van der Waals surface area contributed by atoms with Gasteiger partial charge < -0.3 is 10.0 Å². The zero-order chi connectivity index (χ0) is 14.5. The summed E-state index contributed by atoms with van der Waals surface area (Å²) in [4.78, 5) is 2.25. The van der Waals surface area contributed by atoms with Gasteiger partial charge in [0.2, 0.25) is 0 Å². The van der Waals surface area contributed by atoms with E-state index in [9.17, 15) is 9.50 Å². The number of halogens is 1. The highest BCUT2D eigenvalue weighted by atomic mass is 19.1. The van der Waals surface area contributed by atoms with Crippen molar-refractivity contribution in [1.29, 1.82) is 0 Å². The molecule has 1 N–H and O–H groups in total. The molecule has 2 atom stereocenters. The average molecular weight is 279 g/mol. The first-order valence-corrected chi connectivity index (χ1v) is 7.85. The molecule has 1 aliphatic heterocycles. The quantitative estimate of drug-likeness (QED) is 0.889. The largest absolute Gasteiger partial charge is 0.389 e. The van der Waals surface area contributed by atoms with Crippen LogP contribution in [0.1, 0.15) is 57.6 Å². The van der Waals surface area contributed by atoms with Gasteiger partial charge in [0.05, 0.1) is 6.10 Å². The van der Waals surface area contributed by atoms with Crippen LogP contribution in [0.4, 0.5) is 10.1 Å². The molecule has 0 aromatic heterocycles. The minimum atomic E-state index is -0.763. The van der Waals surface area contributed by atoms with Crippen LogP contribution in [0.2, 0.25) is 0 Å². The SMILES string of the molecule is CCCC1CCCN(c2cccc(F)c2[C@H](C)O)CC1. The van der Waals surface area contributed by atoms with Gasteiger partial charge in [-0.2, -0.15) is 0 Å². The zero-order valence-electron chi connectivity index (χ0n) is 12.6. The van der Waals surface area contributed by atoms with E-state index in [4.69, 9.17) is 0 Å². The molecule has 0 bridgehead atoms. The summed E-state index contributed by atoms with van der Waals surface area (Å²) >= 11 is 0. The Morgan fingerprint density at radius 2 is 2.15 bits per heavy atom. The van der Waals surface area contributed by atoms with Crippen molar-refractivity contribution in [2.45, 2.75) is 52.1 Å². The maximum atomic E-state index is 14.0. The Morgan fingerprint density at radius 3 is 2.85 bits per heavy atom. The third kappa shape index (κ3) is 3.51. The van der Waals surface area contributed by atoms with Crippen LogP contribution < -0.4 is 4.90 Å². The molecular weight excluding hydrogens is 253 g/mol. The fourth-order valence-electron chi connectivity index (χ4n) is 3.32. The summed E-state index contributed by atoms with van der Waals surface area (Å²) < 4.78 is 14.0. The molecule has 2 nitrogen and oxygen atoms in total. The number of aliphatic hydroxyl groups is 1. The lowest BCUT2D eigenvalue weighted by Crippen LogP contribution is -2.26. The molecule has 0 spiro atoms. The van der Waals surface area contributed by atoms with E-state index in [1.54, 1.807) is 13.0 Å². The van der Waals surface area contributed by atoms with Crippen molar-refractivity contribution in [3.05, 3.63) is 29.6 Å². The van der Waals surface area contributed by atoms with Crippen LogP contribution in [-0.4, -0.2) is 18.2 Å². The van der Waals surface area contributed by atoms with Gasteiger partial charge in [0.1, 0.15) is 5.82 Å². The van der Waals surface area contributed by atoms with Crippen molar-refractivity contribution < 1.29 is 9.50 Å². The van der Waals surface area contributed by atoms with E-state index in [-0.39, 0.29) is 5.82 Å². The Hall–Kier alpha value is -1.09. The molecule has 3 heteroatoms. The third-order valence-electron chi connectivity index (χ3n) is 4.33. The van der Waals surface area contributed by atoms with Crippen LogP contribution in [0, 0.1) is 11.7 Å². The van der Waals surface area contributed by atoms with Gasteiger partial charge in [0.15, 0.2) is 0 Å². The first kappa shape index (κ1) is 15.3. The van der Waals surface area contributed by atoms with E-state index in [1.807, 2.05) is 6.07 Å². The van der Waals surface area contributed by atoms with E-state index in [0.717, 1.165) is 31.1 Å². The summed E-state index contributed by atoms with van der Waals surface area (Å²) in [6, 6.07) is 5.11. The molecular formula is C17H26FNO. The first-order valence-electron chi connectivity index (χ1n) is 7.85. The Labute approximate surface area is 121 Å². The fraction of sp³-hybridized carbons (Fsp3) is 0.647. The predicted molar refractivity (Wildman–Crippen MR) is 81.5 cm³/mol. The molecule has 0 saturated carbocycles. The highest BCUT2D eigenvalue weighted by Gasteiger charge is 2.21. The maximum Gasteiger partial charge on any atom is 0.131 e. The summed E-state index contributed by atoms with van der Waals surface area (Å²) in [5.74, 6) is 0.500. The molecule has 0 aliphatic carbocycles. The first-order chi connectivity index (χ1) is 9.63. The van der Waals surface area contributed by atoms with Crippen molar-refractivity contribution in [2.75, 3.05) is 18.0 Å². The maximum absolute atomic E-state index is 14.0. The van der Waals surface area contributed by atoms with Crippen LogP contribution in [-0.2, 0) is 0 Å². The molecule has 1 saturated heterocycles. The van der Waals surface area contributed by atoms with Gasteiger partial charge in [-0.3, -0.25) is 0 Å². The number of hydrogen-bond acceptors (Lipinski definition) is 2. The molecule has 1 aromatic rings. The van der Waals surface area contributed by atoms with E-state index in [0.29, 0.717) is 5.56 Å². The minimum Gasteiger partial charge on any atom is -0.389 e. The summed E-state index contributed by atoms with van der Waals surface area (Å²) in [5, 5.41) is 9.86. The van der Waals surface area contributed by atoms with E-state index < -0.39 is 6.10 Å². The van der Waals surface area contributed by atoms with E-state index in [1.165, 1.54) is 31.7 Å². The number of nitrogens with zero attached hydrogens (tertiary/aromatic N) is 1. The fourth-order valence-corrected chi connectivity index (χ4v) is 3.32. The number of hydrogen-bond donors (Lipinski definition) is 1. The Balaban J connectivity index is 2.17. The lowest BCUT2D eigenvalue weighted by Gasteiger charge is -2.27. The highest BCUT2D eigenvalue weighted by molar-refractivity contribution is 5.55. The lowest BCUT2D eigenvalue weighted by atomic mass is 9.96. The van der Waals surface area contributed by atoms with Gasteiger partial charge >= 0.3 is 0 Å². The van der Waals surface area contributed by atoms with Gasteiger partial charge in [-0.05, 0) is 44.2 Å². The van der Waals surface area contributed by atoms with Crippen molar-refractivity contribution in [3.8, 4) is 0 Å². The van der Waals surface area contributed by atoms with Crippen LogP contribution in [0.25, 0.3) is 0 Å². The molecule has 1 aliphatic rings. The normalized spacial score (nSPS) is 21.6. The van der Waals surface area contributed by atoms with Crippen LogP contribution in [0.15, 0.2) is 18.2 Å². The second kappa shape index (κ2) is 7.07. The van der Waals surface area contributed by atoms with E-state index >= 15 is 0 Å². The molecule has 0 amide bonds. The Bertz CT molecular complexity index is 433. The topological polar surface area (TPSA) is 23.5 Å². The number of rotatable bonds is 4. The highest BCUT2D eigenvalue weighted by Crippen LogP contribution is 2.32. The van der Waals surface area contributed by atoms with Gasteiger partial charge in [0.25, 0.3) is 0 Å². The summed E-state index contributed by atoms with van der Waals surface area (Å²) in [5.41, 5.74) is 1.32. The van der Waals surface area contributed by atoms with Crippen molar-refractivity contribution in [2.24, 2.45) is 5.92 Å². The van der Waals surface area contributed by atoms with Crippen LogP contribution in [0.3, 0.4) is 0 Å². The molecule has 1 heterocycles. The minimum absolute atomic E-state index is 0.299. The van der Waals surface area contributed by atoms with E-state index in [2.05, 4.69) is 11.8 Å². The Morgan fingerprint density at radius 1 is 1.35 bits per heavy atom. The van der Waals surface area contributed by atoms with Gasteiger partial charge in [-0.25, -0.2) is 4.39 Å². The van der Waals surface area contributed by atoms with Gasteiger partial charge in [-0.1, -0.05) is 25.8 Å². The van der Waals surface area contributed by atoms with Crippen LogP contribution >= 0.6 is 0 Å². The average Bonchev–Trinajstić information content (AvgIpc) is 2.64. The molecule has 1 fully saturated rings. The summed E-state index contributed by atoms with van der Waals surface area (Å²) in [6.07, 6.45) is 5.36. The molecule has 112 valence electrons. The van der Waals surface area contributed by atoms with Gasteiger partial charge in [-0.15, -0.1) is 0 Å². The van der Waals surface area contributed by atoms with Crippen molar-refractivity contribution in [3.63, 3.8) is 0 Å². The third-order valence-corrected chi connectivity index (χ3v) is 4.33. The standard InChI is InChI=1S/C17H26FNO/c1-3-6-14-7-5-11-19(12-10-14)16-9-4-8-15(18)17(16)13(2)20/h4,8-9,13-14,20H,3,5-7,10-12H2,1-2H3/t13-,14?/m0/s1. The monoisotopic (exact) mass is 279 g/mol. The van der Waals surface area contributed by atoms with Gasteiger partial charge in [0, 0.05) is 24.3 Å². The molecule has 2 rings (SSSR count). The smallest absolute Gasteiger partial charge is 0.131 e. The lowest BCUT2D eigenvalue weighted by molar-refractivity contribution is 0.194. The second-order valence-electron chi connectivity index (χ2n) is 5.92. The molecule has 20 heavy (non-hydrogen) atoms. The second-order valence-corrected chi connectivity index (χ2v) is 5.92. The van der Waals surface area contributed by atoms with Crippen LogP contribution in [0.5, 0.6) is 0 Å². The van der Waals surface area contributed by atoms with Crippen molar-refractivity contribution >= 4 is 5.69 Å².